The van der Waals surface area contributed by atoms with Crippen LogP contribution in [0.5, 0.6) is 0 Å². The molecule has 0 aromatic carbocycles. The van der Waals surface area contributed by atoms with Crippen LogP contribution in [0.3, 0.4) is 0 Å². The topological polar surface area (TPSA) is 93.5 Å². The summed E-state index contributed by atoms with van der Waals surface area (Å²) in [6.45, 7) is 5.39. The Morgan fingerprint density at radius 1 is 1.26 bits per heavy atom. The maximum Gasteiger partial charge on any atom is 0.329 e. The zero-order chi connectivity index (χ0) is 19.7. The van der Waals surface area contributed by atoms with E-state index in [1.165, 1.54) is 7.11 Å². The van der Waals surface area contributed by atoms with Crippen molar-refractivity contribution in [2.45, 2.75) is 20.8 Å². The minimum atomic E-state index is -0.664. The molecular formula is C19H20N4O4. The predicted octanol–water partition coefficient (Wildman–Crippen LogP) is 1.86. The number of imide groups is 1. The van der Waals surface area contributed by atoms with Gasteiger partial charge in [-0.05, 0) is 50.1 Å². The number of aryl methyl sites for hydroxylation is 2. The Balaban J connectivity index is 1.93. The van der Waals surface area contributed by atoms with Gasteiger partial charge in [-0.15, -0.1) is 0 Å². The molecule has 1 N–H and O–H groups in total. The van der Waals surface area contributed by atoms with Gasteiger partial charge in [-0.1, -0.05) is 6.07 Å². The molecule has 0 saturated carbocycles. The normalized spacial score (nSPS) is 15.4. The average molecular weight is 368 g/mol. The molecule has 3 rings (SSSR count). The van der Waals surface area contributed by atoms with Crippen molar-refractivity contribution < 1.29 is 19.1 Å². The number of rotatable bonds is 4. The molecule has 0 radical (unpaired) electrons. The van der Waals surface area contributed by atoms with E-state index in [1.54, 1.807) is 12.3 Å². The SMILES string of the molecule is COC(=O)CN1C(=O)NC(=Cc2cc(C)n(-c3ccc(C)cn3)c2C)C1=O. The van der Waals surface area contributed by atoms with E-state index in [2.05, 4.69) is 15.0 Å². The molecule has 27 heavy (non-hydrogen) atoms. The number of esters is 1. The number of hydrogen-bond acceptors (Lipinski definition) is 5. The zero-order valence-electron chi connectivity index (χ0n) is 15.6. The summed E-state index contributed by atoms with van der Waals surface area (Å²) in [5, 5.41) is 2.50. The number of carbonyl (C=O) groups is 3. The molecule has 0 aliphatic carbocycles. The number of nitrogens with zero attached hydrogens (tertiary/aromatic N) is 3. The summed E-state index contributed by atoms with van der Waals surface area (Å²) in [7, 11) is 1.20. The van der Waals surface area contributed by atoms with Crippen molar-refractivity contribution in [2.24, 2.45) is 0 Å². The van der Waals surface area contributed by atoms with Crippen LogP contribution in [0.4, 0.5) is 4.79 Å². The van der Waals surface area contributed by atoms with Crippen molar-refractivity contribution in [1.29, 1.82) is 0 Å². The van der Waals surface area contributed by atoms with Gasteiger partial charge in [-0.2, -0.15) is 0 Å². The smallest absolute Gasteiger partial charge is 0.329 e. The number of amides is 3. The molecule has 140 valence electrons. The van der Waals surface area contributed by atoms with Crippen molar-refractivity contribution in [1.82, 2.24) is 19.8 Å². The fourth-order valence-electron chi connectivity index (χ4n) is 2.94. The Kier molecular flexibility index (Phi) is 4.81. The molecule has 8 nitrogen and oxygen atoms in total. The third-order valence-electron chi connectivity index (χ3n) is 4.37. The van der Waals surface area contributed by atoms with Gasteiger partial charge >= 0.3 is 12.0 Å². The van der Waals surface area contributed by atoms with Crippen molar-refractivity contribution in [2.75, 3.05) is 13.7 Å². The number of hydrogen-bond donors (Lipinski definition) is 1. The summed E-state index contributed by atoms with van der Waals surface area (Å²) in [6.07, 6.45) is 3.39. The lowest BCUT2D eigenvalue weighted by atomic mass is 10.2. The van der Waals surface area contributed by atoms with Gasteiger partial charge in [0.05, 0.1) is 7.11 Å². The van der Waals surface area contributed by atoms with E-state index in [4.69, 9.17) is 0 Å². The number of nitrogens with one attached hydrogen (secondary N) is 1. The van der Waals surface area contributed by atoms with Gasteiger partial charge in [0.1, 0.15) is 18.1 Å². The molecule has 0 bridgehead atoms. The van der Waals surface area contributed by atoms with Gasteiger partial charge in [-0.3, -0.25) is 9.59 Å². The van der Waals surface area contributed by atoms with E-state index in [1.807, 2.05) is 43.5 Å². The summed E-state index contributed by atoms with van der Waals surface area (Å²) < 4.78 is 6.49. The summed E-state index contributed by atoms with van der Waals surface area (Å²) in [5.41, 5.74) is 3.77. The summed E-state index contributed by atoms with van der Waals surface area (Å²) >= 11 is 0. The fourth-order valence-corrected chi connectivity index (χ4v) is 2.94. The summed E-state index contributed by atoms with van der Waals surface area (Å²) in [5.74, 6) is -0.457. The number of ether oxygens (including phenoxy) is 1. The molecule has 1 fully saturated rings. The molecular weight excluding hydrogens is 348 g/mol. The Labute approximate surface area is 156 Å². The second-order valence-corrected chi connectivity index (χ2v) is 6.31. The average Bonchev–Trinajstić information content (AvgIpc) is 3.06. The number of pyridine rings is 1. The van der Waals surface area contributed by atoms with Crippen LogP contribution in [0.2, 0.25) is 0 Å². The van der Waals surface area contributed by atoms with E-state index in [9.17, 15) is 14.4 Å². The van der Waals surface area contributed by atoms with E-state index >= 15 is 0 Å². The molecule has 8 heteroatoms. The quantitative estimate of drug-likeness (QED) is 0.505. The second-order valence-electron chi connectivity index (χ2n) is 6.31. The highest BCUT2D eigenvalue weighted by molar-refractivity contribution is 6.15. The first-order valence-corrected chi connectivity index (χ1v) is 8.35. The van der Waals surface area contributed by atoms with E-state index in [0.29, 0.717) is 0 Å². The lowest BCUT2D eigenvalue weighted by Gasteiger charge is -2.09. The Hall–Kier alpha value is -3.42. The largest absolute Gasteiger partial charge is 0.468 e. The molecule has 0 spiro atoms. The molecule has 1 saturated heterocycles. The number of methoxy groups -OCH3 is 1. The Morgan fingerprint density at radius 2 is 2.00 bits per heavy atom. The number of urea groups is 1. The summed E-state index contributed by atoms with van der Waals surface area (Å²) in [4.78, 5) is 41.0. The van der Waals surface area contributed by atoms with Gasteiger partial charge < -0.3 is 14.6 Å². The van der Waals surface area contributed by atoms with E-state index in [0.717, 1.165) is 33.2 Å². The third kappa shape index (κ3) is 3.46. The van der Waals surface area contributed by atoms with Gasteiger partial charge in [0.25, 0.3) is 5.91 Å². The Morgan fingerprint density at radius 3 is 2.63 bits per heavy atom. The summed E-state index contributed by atoms with van der Waals surface area (Å²) in [6, 6.07) is 5.16. The number of aromatic nitrogens is 2. The first-order chi connectivity index (χ1) is 12.8. The maximum absolute atomic E-state index is 12.4. The van der Waals surface area contributed by atoms with Crippen molar-refractivity contribution in [3.63, 3.8) is 0 Å². The molecule has 3 heterocycles. The predicted molar refractivity (Wildman–Crippen MR) is 98.0 cm³/mol. The Bertz CT molecular complexity index is 957. The molecule has 0 unspecified atom stereocenters. The van der Waals surface area contributed by atoms with Crippen LogP contribution >= 0.6 is 0 Å². The van der Waals surface area contributed by atoms with Crippen LogP contribution in [-0.2, 0) is 14.3 Å². The lowest BCUT2D eigenvalue weighted by Crippen LogP contribution is -2.36. The van der Waals surface area contributed by atoms with Crippen LogP contribution in [-0.4, -0.2) is 46.0 Å². The van der Waals surface area contributed by atoms with E-state index in [-0.39, 0.29) is 5.70 Å². The van der Waals surface area contributed by atoms with Crippen molar-refractivity contribution in [3.05, 3.63) is 52.6 Å². The first kappa shape index (κ1) is 18.4. The third-order valence-corrected chi connectivity index (χ3v) is 4.37. The highest BCUT2D eigenvalue weighted by atomic mass is 16.5. The van der Waals surface area contributed by atoms with Crippen LogP contribution in [0.25, 0.3) is 11.9 Å². The molecule has 3 amide bonds. The lowest BCUT2D eigenvalue weighted by molar-refractivity contribution is -0.143. The number of carbonyl (C=O) groups excluding carboxylic acids is 3. The molecule has 0 atom stereocenters. The van der Waals surface area contributed by atoms with Gasteiger partial charge in [-0.25, -0.2) is 14.7 Å². The van der Waals surface area contributed by atoms with Gasteiger partial charge in [0.2, 0.25) is 0 Å². The minimum Gasteiger partial charge on any atom is -0.468 e. The molecule has 1 aliphatic rings. The second kappa shape index (κ2) is 7.06. The van der Waals surface area contributed by atoms with E-state index < -0.39 is 24.5 Å². The van der Waals surface area contributed by atoms with Crippen LogP contribution in [0, 0.1) is 20.8 Å². The molecule has 2 aromatic heterocycles. The monoisotopic (exact) mass is 368 g/mol. The zero-order valence-corrected chi connectivity index (χ0v) is 15.6. The van der Waals surface area contributed by atoms with Crippen LogP contribution in [0.1, 0.15) is 22.5 Å². The highest BCUT2D eigenvalue weighted by Crippen LogP contribution is 2.23. The van der Waals surface area contributed by atoms with Crippen molar-refractivity contribution in [3.8, 4) is 5.82 Å². The van der Waals surface area contributed by atoms with Crippen LogP contribution in [0.15, 0.2) is 30.1 Å². The molecule has 2 aromatic rings. The highest BCUT2D eigenvalue weighted by Gasteiger charge is 2.35. The standard InChI is InChI=1S/C19H20N4O4/c1-11-5-6-16(20-9-11)23-12(2)7-14(13(23)3)8-15-18(25)22(19(26)21-15)10-17(24)27-4/h5-9H,10H2,1-4H3,(H,21,26). The van der Waals surface area contributed by atoms with Crippen LogP contribution < -0.4 is 5.32 Å². The first-order valence-electron chi connectivity index (χ1n) is 8.35. The molecule has 1 aliphatic heterocycles. The van der Waals surface area contributed by atoms with Crippen molar-refractivity contribution >= 4 is 24.0 Å². The van der Waals surface area contributed by atoms with Gasteiger partial charge in [0, 0.05) is 17.6 Å². The minimum absolute atomic E-state index is 0.112. The van der Waals surface area contributed by atoms with Gasteiger partial charge in [0.15, 0.2) is 0 Å². The maximum atomic E-state index is 12.4. The fraction of sp³-hybridized carbons (Fsp3) is 0.263.